The Morgan fingerprint density at radius 3 is 2.23 bits per heavy atom. The van der Waals surface area contributed by atoms with Gasteiger partial charge in [0.1, 0.15) is 0 Å². The van der Waals surface area contributed by atoms with Crippen molar-refractivity contribution in [1.29, 1.82) is 0 Å². The summed E-state index contributed by atoms with van der Waals surface area (Å²) in [5, 5.41) is 8.76. The molecule has 0 saturated heterocycles. The highest BCUT2D eigenvalue weighted by Gasteiger charge is 2.18. The van der Waals surface area contributed by atoms with Crippen molar-refractivity contribution in [3.05, 3.63) is 101 Å². The van der Waals surface area contributed by atoms with E-state index in [4.69, 9.17) is 16.7 Å². The first-order chi connectivity index (χ1) is 14.7. The molecule has 0 aliphatic heterocycles. The second-order valence-corrected chi connectivity index (χ2v) is 10.2. The average molecular weight is 475 g/mol. The van der Waals surface area contributed by atoms with Crippen LogP contribution in [0.4, 0.5) is 0 Å². The molecule has 3 aromatic rings. The maximum absolute atomic E-state index is 12.6. The zero-order valence-corrected chi connectivity index (χ0v) is 19.3. The lowest BCUT2D eigenvalue weighted by Crippen LogP contribution is -2.28. The lowest BCUT2D eigenvalue weighted by Gasteiger charge is -2.19. The molecular formula is C23H23ClN2O3S2. The Morgan fingerprint density at radius 1 is 0.968 bits per heavy atom. The smallest absolute Gasteiger partial charge is 0.238 e. The third-order valence-electron chi connectivity index (χ3n) is 4.72. The van der Waals surface area contributed by atoms with Gasteiger partial charge in [0.25, 0.3) is 0 Å². The van der Waals surface area contributed by atoms with Crippen LogP contribution in [0.15, 0.2) is 83.8 Å². The highest BCUT2D eigenvalue weighted by atomic mass is 35.5. The number of sulfonamides is 1. The van der Waals surface area contributed by atoms with E-state index >= 15 is 0 Å². The monoisotopic (exact) mass is 474 g/mol. The summed E-state index contributed by atoms with van der Waals surface area (Å²) in [6.45, 7) is 1.80. The predicted octanol–water partition coefficient (Wildman–Crippen LogP) is 4.69. The molecule has 0 saturated carbocycles. The zero-order chi connectivity index (χ0) is 22.4. The summed E-state index contributed by atoms with van der Waals surface area (Å²) in [6.07, 6.45) is 0. The van der Waals surface area contributed by atoms with Crippen molar-refractivity contribution in [3.8, 4) is 0 Å². The Morgan fingerprint density at radius 2 is 1.58 bits per heavy atom. The Hall–Kier alpha value is -2.32. The Balaban J connectivity index is 1.69. The molecule has 31 heavy (non-hydrogen) atoms. The SMILES string of the molecule is CC(NC(=O)CSC(c1ccccc1)c1ccc(Cl)cc1)c1cccc(S(N)(=O)=O)c1. The van der Waals surface area contributed by atoms with Crippen molar-refractivity contribution in [2.45, 2.75) is 23.1 Å². The fourth-order valence-corrected chi connectivity index (χ4v) is 4.93. The van der Waals surface area contributed by atoms with Crippen molar-refractivity contribution in [2.24, 2.45) is 5.14 Å². The second kappa shape index (κ2) is 10.3. The Kier molecular flexibility index (Phi) is 7.78. The van der Waals surface area contributed by atoms with Crippen LogP contribution in [0.25, 0.3) is 0 Å². The molecule has 3 N–H and O–H groups in total. The van der Waals surface area contributed by atoms with E-state index in [1.165, 1.54) is 23.9 Å². The summed E-state index contributed by atoms with van der Waals surface area (Å²) in [4.78, 5) is 12.7. The summed E-state index contributed by atoms with van der Waals surface area (Å²) in [5.41, 5.74) is 2.82. The van der Waals surface area contributed by atoms with E-state index in [2.05, 4.69) is 5.32 Å². The van der Waals surface area contributed by atoms with Crippen molar-refractivity contribution in [3.63, 3.8) is 0 Å². The maximum atomic E-state index is 12.6. The van der Waals surface area contributed by atoms with E-state index in [0.717, 1.165) is 11.1 Å². The quantitative estimate of drug-likeness (QED) is 0.495. The van der Waals surface area contributed by atoms with Gasteiger partial charge < -0.3 is 5.32 Å². The van der Waals surface area contributed by atoms with E-state index in [1.807, 2.05) is 54.6 Å². The van der Waals surface area contributed by atoms with E-state index in [9.17, 15) is 13.2 Å². The summed E-state index contributed by atoms with van der Waals surface area (Å²) < 4.78 is 23.2. The lowest BCUT2D eigenvalue weighted by atomic mass is 10.0. The highest BCUT2D eigenvalue weighted by Crippen LogP contribution is 2.36. The number of thioether (sulfide) groups is 1. The van der Waals surface area contributed by atoms with Gasteiger partial charge in [0, 0.05) is 5.02 Å². The molecule has 0 bridgehead atoms. The van der Waals surface area contributed by atoms with Crippen LogP contribution in [0.2, 0.25) is 5.02 Å². The number of amides is 1. The standard InChI is InChI=1S/C23H23ClN2O3S2/c1-16(19-8-5-9-21(14-19)31(25,28)29)26-22(27)15-30-23(17-6-3-2-4-7-17)18-10-12-20(24)13-11-18/h2-14,16,23H,15H2,1H3,(H,26,27)(H2,25,28,29). The summed E-state index contributed by atoms with van der Waals surface area (Å²) >= 11 is 7.54. The van der Waals surface area contributed by atoms with Crippen LogP contribution >= 0.6 is 23.4 Å². The van der Waals surface area contributed by atoms with Crippen LogP contribution < -0.4 is 10.5 Å². The topological polar surface area (TPSA) is 89.3 Å². The molecule has 0 spiro atoms. The predicted molar refractivity (Wildman–Crippen MR) is 127 cm³/mol. The molecule has 5 nitrogen and oxygen atoms in total. The highest BCUT2D eigenvalue weighted by molar-refractivity contribution is 8.00. The van der Waals surface area contributed by atoms with Gasteiger partial charge in [-0.05, 0) is 47.9 Å². The first kappa shape index (κ1) is 23.3. The van der Waals surface area contributed by atoms with Crippen molar-refractivity contribution >= 4 is 39.3 Å². The first-order valence-electron chi connectivity index (χ1n) is 9.58. The molecule has 3 rings (SSSR count). The third-order valence-corrected chi connectivity index (χ3v) is 7.19. The number of hydrogen-bond donors (Lipinski definition) is 2. The molecule has 3 aromatic carbocycles. The van der Waals surface area contributed by atoms with Crippen LogP contribution in [-0.2, 0) is 14.8 Å². The molecule has 0 fully saturated rings. The number of primary sulfonamides is 1. The van der Waals surface area contributed by atoms with Crippen LogP contribution in [0, 0.1) is 0 Å². The van der Waals surface area contributed by atoms with Gasteiger partial charge in [0.2, 0.25) is 15.9 Å². The number of benzene rings is 3. The van der Waals surface area contributed by atoms with E-state index < -0.39 is 10.0 Å². The van der Waals surface area contributed by atoms with E-state index in [0.29, 0.717) is 10.6 Å². The van der Waals surface area contributed by atoms with Crippen molar-refractivity contribution in [1.82, 2.24) is 5.32 Å². The van der Waals surface area contributed by atoms with Crippen LogP contribution in [-0.4, -0.2) is 20.1 Å². The minimum Gasteiger partial charge on any atom is -0.349 e. The van der Waals surface area contributed by atoms with E-state index in [-0.39, 0.29) is 27.8 Å². The molecule has 0 radical (unpaired) electrons. The third kappa shape index (κ3) is 6.58. The van der Waals surface area contributed by atoms with Crippen molar-refractivity contribution < 1.29 is 13.2 Å². The first-order valence-corrected chi connectivity index (χ1v) is 12.6. The summed E-state index contributed by atoms with van der Waals surface area (Å²) in [5.74, 6) is 0.0925. The Bertz CT molecular complexity index is 1140. The Labute approximate surface area is 192 Å². The minimum atomic E-state index is -3.80. The van der Waals surface area contributed by atoms with Crippen molar-refractivity contribution in [2.75, 3.05) is 5.75 Å². The maximum Gasteiger partial charge on any atom is 0.238 e. The molecule has 162 valence electrons. The number of nitrogens with one attached hydrogen (secondary N) is 1. The molecule has 0 heterocycles. The van der Waals surface area contributed by atoms with Crippen LogP contribution in [0.3, 0.4) is 0 Å². The van der Waals surface area contributed by atoms with Gasteiger partial charge >= 0.3 is 0 Å². The largest absolute Gasteiger partial charge is 0.349 e. The normalized spacial score (nSPS) is 13.4. The number of carbonyl (C=O) groups is 1. The number of nitrogens with two attached hydrogens (primary N) is 1. The van der Waals surface area contributed by atoms with E-state index in [1.54, 1.807) is 19.1 Å². The minimum absolute atomic E-state index is 0.0207. The fraction of sp³-hybridized carbons (Fsp3) is 0.174. The lowest BCUT2D eigenvalue weighted by molar-refractivity contribution is -0.119. The molecule has 2 atom stereocenters. The summed E-state index contributed by atoms with van der Waals surface area (Å²) in [6, 6.07) is 23.5. The van der Waals surface area contributed by atoms with Gasteiger partial charge in [-0.2, -0.15) is 0 Å². The van der Waals surface area contributed by atoms with Gasteiger partial charge in [-0.25, -0.2) is 13.6 Å². The average Bonchev–Trinajstić information content (AvgIpc) is 2.75. The van der Waals surface area contributed by atoms with Gasteiger partial charge in [0.05, 0.1) is 21.9 Å². The van der Waals surface area contributed by atoms with Gasteiger partial charge in [-0.15, -0.1) is 11.8 Å². The number of rotatable bonds is 8. The molecular weight excluding hydrogens is 452 g/mol. The molecule has 0 aromatic heterocycles. The number of carbonyl (C=O) groups excluding carboxylic acids is 1. The van der Waals surface area contributed by atoms with Crippen LogP contribution in [0.1, 0.15) is 34.9 Å². The fourth-order valence-electron chi connectivity index (χ4n) is 3.14. The van der Waals surface area contributed by atoms with Crippen LogP contribution in [0.5, 0.6) is 0 Å². The number of halogens is 1. The second-order valence-electron chi connectivity index (χ2n) is 7.06. The molecule has 2 unspecified atom stereocenters. The van der Waals surface area contributed by atoms with Gasteiger partial charge in [-0.3, -0.25) is 4.79 Å². The van der Waals surface area contributed by atoms with Gasteiger partial charge in [-0.1, -0.05) is 66.2 Å². The molecule has 8 heteroatoms. The summed E-state index contributed by atoms with van der Waals surface area (Å²) in [7, 11) is -3.80. The molecule has 1 amide bonds. The molecule has 0 aliphatic rings. The zero-order valence-electron chi connectivity index (χ0n) is 16.9. The molecule has 0 aliphatic carbocycles. The number of hydrogen-bond acceptors (Lipinski definition) is 4. The van der Waals surface area contributed by atoms with Gasteiger partial charge in [0.15, 0.2) is 0 Å².